The van der Waals surface area contributed by atoms with Crippen LogP contribution < -0.4 is 20.5 Å². The lowest BCUT2D eigenvalue weighted by molar-refractivity contribution is 0.297. The highest BCUT2D eigenvalue weighted by molar-refractivity contribution is 14.0. The van der Waals surface area contributed by atoms with E-state index in [9.17, 15) is 0 Å². The fourth-order valence-corrected chi connectivity index (χ4v) is 3.02. The molecule has 1 aliphatic rings. The Hall–Kier alpha value is -2.75. The highest BCUT2D eigenvalue weighted by atomic mass is 127. The van der Waals surface area contributed by atoms with Gasteiger partial charge in [0.1, 0.15) is 0 Å². The number of rotatable bonds is 4. The van der Waals surface area contributed by atoms with Gasteiger partial charge in [-0.25, -0.2) is 4.99 Å². The molecule has 0 radical (unpaired) electrons. The second kappa shape index (κ2) is 9.64. The molecule has 0 unspecified atom stereocenters. The zero-order chi connectivity index (χ0) is 19.3. The number of nitrogens with zero attached hydrogens (tertiary/aromatic N) is 3. The third-order valence-electron chi connectivity index (χ3n) is 4.42. The second-order valence-corrected chi connectivity index (χ2v) is 6.64. The second-order valence-electron chi connectivity index (χ2n) is 6.64. The lowest BCUT2D eigenvalue weighted by atomic mass is 10.1. The number of fused-ring (bicyclic) bond motifs is 1. The van der Waals surface area contributed by atoms with E-state index in [1.54, 1.807) is 4.68 Å². The zero-order valence-corrected chi connectivity index (χ0v) is 18.5. The minimum absolute atomic E-state index is 0. The molecule has 8 heteroatoms. The van der Waals surface area contributed by atoms with Gasteiger partial charge in [0.2, 0.25) is 0 Å². The number of benzene rings is 2. The van der Waals surface area contributed by atoms with Crippen LogP contribution in [0.25, 0.3) is 11.1 Å². The van der Waals surface area contributed by atoms with E-state index in [-0.39, 0.29) is 24.0 Å². The Morgan fingerprint density at radius 1 is 1.14 bits per heavy atom. The van der Waals surface area contributed by atoms with Crippen molar-refractivity contribution >= 4 is 35.6 Å². The summed E-state index contributed by atoms with van der Waals surface area (Å²) in [5, 5.41) is 7.33. The summed E-state index contributed by atoms with van der Waals surface area (Å²) < 4.78 is 13.1. The first-order valence-electron chi connectivity index (χ1n) is 9.22. The summed E-state index contributed by atoms with van der Waals surface area (Å²) in [5.41, 5.74) is 10.1. The van der Waals surface area contributed by atoms with E-state index in [0.717, 1.165) is 40.3 Å². The minimum Gasteiger partial charge on any atom is -0.490 e. The van der Waals surface area contributed by atoms with Crippen molar-refractivity contribution in [3.63, 3.8) is 0 Å². The third kappa shape index (κ3) is 5.41. The molecule has 0 saturated heterocycles. The first-order valence-corrected chi connectivity index (χ1v) is 9.22. The van der Waals surface area contributed by atoms with Gasteiger partial charge in [0, 0.05) is 37.0 Å². The molecule has 29 heavy (non-hydrogen) atoms. The van der Waals surface area contributed by atoms with Gasteiger partial charge >= 0.3 is 0 Å². The van der Waals surface area contributed by atoms with E-state index in [2.05, 4.69) is 27.5 Å². The highest BCUT2D eigenvalue weighted by Crippen LogP contribution is 2.32. The molecule has 0 spiro atoms. The Balaban J connectivity index is 0.00000240. The molecule has 1 aromatic heterocycles. The molecule has 1 aliphatic heterocycles. The summed E-state index contributed by atoms with van der Waals surface area (Å²) >= 11 is 0. The number of guanidine groups is 1. The third-order valence-corrected chi connectivity index (χ3v) is 4.42. The van der Waals surface area contributed by atoms with Crippen LogP contribution in [-0.2, 0) is 13.6 Å². The van der Waals surface area contributed by atoms with Crippen LogP contribution in [0.4, 0.5) is 5.69 Å². The van der Waals surface area contributed by atoms with Gasteiger partial charge < -0.3 is 20.5 Å². The summed E-state index contributed by atoms with van der Waals surface area (Å²) in [6.45, 7) is 1.80. The van der Waals surface area contributed by atoms with Crippen molar-refractivity contribution < 1.29 is 9.47 Å². The number of aromatic nitrogens is 2. The van der Waals surface area contributed by atoms with Crippen LogP contribution in [0.1, 0.15) is 12.0 Å². The highest BCUT2D eigenvalue weighted by Gasteiger charge is 2.11. The standard InChI is InChI=1S/C21H23N5O2.HI/c1-26-14-17(13-24-26)16-5-2-4-15(10-16)12-23-21(22)25-18-6-7-19-20(11-18)28-9-3-8-27-19;/h2,4-7,10-11,13-14H,3,8-9,12H2,1H3,(H3,22,23,25);1H. The smallest absolute Gasteiger partial charge is 0.193 e. The summed E-state index contributed by atoms with van der Waals surface area (Å²) in [4.78, 5) is 4.45. The number of ether oxygens (including phenoxy) is 2. The Labute approximate surface area is 186 Å². The summed E-state index contributed by atoms with van der Waals surface area (Å²) in [5.74, 6) is 1.83. The van der Waals surface area contributed by atoms with Gasteiger partial charge in [0.25, 0.3) is 0 Å². The molecule has 0 fully saturated rings. The molecule has 0 bridgehead atoms. The molecule has 2 aromatic carbocycles. The predicted molar refractivity (Wildman–Crippen MR) is 125 cm³/mol. The predicted octanol–water partition coefficient (Wildman–Crippen LogP) is 3.79. The van der Waals surface area contributed by atoms with E-state index in [4.69, 9.17) is 15.2 Å². The van der Waals surface area contributed by atoms with Crippen molar-refractivity contribution in [2.24, 2.45) is 17.8 Å². The van der Waals surface area contributed by atoms with Crippen LogP contribution >= 0.6 is 24.0 Å². The molecular formula is C21H24IN5O2. The number of nitrogens with one attached hydrogen (secondary N) is 1. The van der Waals surface area contributed by atoms with Crippen LogP contribution in [0.5, 0.6) is 11.5 Å². The number of aliphatic imine (C=N–C) groups is 1. The van der Waals surface area contributed by atoms with Crippen LogP contribution in [0, 0.1) is 0 Å². The van der Waals surface area contributed by atoms with Gasteiger partial charge in [-0.3, -0.25) is 4.68 Å². The van der Waals surface area contributed by atoms with Crippen LogP contribution in [0.3, 0.4) is 0 Å². The van der Waals surface area contributed by atoms with Gasteiger partial charge in [-0.05, 0) is 29.3 Å². The number of halogens is 1. The van der Waals surface area contributed by atoms with Crippen molar-refractivity contribution in [3.8, 4) is 22.6 Å². The SMILES string of the molecule is Cn1cc(-c2cccc(CN=C(N)Nc3ccc4c(c3)OCCCO4)c2)cn1.I. The van der Waals surface area contributed by atoms with E-state index >= 15 is 0 Å². The number of anilines is 1. The molecule has 2 heterocycles. The maximum absolute atomic E-state index is 6.07. The molecule has 152 valence electrons. The van der Waals surface area contributed by atoms with Gasteiger partial charge in [-0.15, -0.1) is 24.0 Å². The molecule has 0 amide bonds. The topological polar surface area (TPSA) is 86.7 Å². The minimum atomic E-state index is 0. The van der Waals surface area contributed by atoms with E-state index in [1.807, 2.05) is 49.8 Å². The molecular weight excluding hydrogens is 481 g/mol. The molecule has 7 nitrogen and oxygen atoms in total. The number of nitrogens with two attached hydrogens (primary N) is 1. The van der Waals surface area contributed by atoms with Gasteiger partial charge in [0.05, 0.1) is 26.0 Å². The average Bonchev–Trinajstić information content (AvgIpc) is 3.00. The number of hydrogen-bond donors (Lipinski definition) is 2. The van der Waals surface area contributed by atoms with E-state index < -0.39 is 0 Å². The molecule has 4 rings (SSSR count). The zero-order valence-electron chi connectivity index (χ0n) is 16.2. The number of aryl methyl sites for hydroxylation is 1. The van der Waals surface area contributed by atoms with Crippen molar-refractivity contribution in [2.75, 3.05) is 18.5 Å². The Morgan fingerprint density at radius 2 is 1.97 bits per heavy atom. The Bertz CT molecular complexity index is 1000. The monoisotopic (exact) mass is 505 g/mol. The van der Waals surface area contributed by atoms with E-state index in [1.165, 1.54) is 0 Å². The van der Waals surface area contributed by atoms with Gasteiger partial charge in [0.15, 0.2) is 17.5 Å². The molecule has 3 N–H and O–H groups in total. The van der Waals surface area contributed by atoms with Crippen molar-refractivity contribution in [1.82, 2.24) is 9.78 Å². The average molecular weight is 505 g/mol. The summed E-state index contributed by atoms with van der Waals surface area (Å²) in [7, 11) is 1.91. The normalized spacial score (nSPS) is 13.3. The maximum Gasteiger partial charge on any atom is 0.193 e. The van der Waals surface area contributed by atoms with Crippen molar-refractivity contribution in [3.05, 3.63) is 60.4 Å². The van der Waals surface area contributed by atoms with Crippen molar-refractivity contribution in [2.45, 2.75) is 13.0 Å². The largest absolute Gasteiger partial charge is 0.490 e. The first kappa shape index (κ1) is 21.0. The summed E-state index contributed by atoms with van der Waals surface area (Å²) in [6.07, 6.45) is 4.71. The van der Waals surface area contributed by atoms with E-state index in [0.29, 0.717) is 25.7 Å². The van der Waals surface area contributed by atoms with Gasteiger partial charge in [-0.2, -0.15) is 5.10 Å². The van der Waals surface area contributed by atoms with Crippen LogP contribution in [0.15, 0.2) is 59.9 Å². The Kier molecular flexibility index (Phi) is 6.97. The molecule has 3 aromatic rings. The van der Waals surface area contributed by atoms with Crippen LogP contribution in [0.2, 0.25) is 0 Å². The Morgan fingerprint density at radius 3 is 2.76 bits per heavy atom. The molecule has 0 atom stereocenters. The lowest BCUT2D eigenvalue weighted by Gasteiger charge is -2.11. The van der Waals surface area contributed by atoms with Gasteiger partial charge in [-0.1, -0.05) is 18.2 Å². The fraction of sp³-hybridized carbons (Fsp3) is 0.238. The quantitative estimate of drug-likeness (QED) is 0.320. The van der Waals surface area contributed by atoms with Crippen molar-refractivity contribution in [1.29, 1.82) is 0 Å². The van der Waals surface area contributed by atoms with Crippen LogP contribution in [-0.4, -0.2) is 29.0 Å². The molecule has 0 aliphatic carbocycles. The fourth-order valence-electron chi connectivity index (χ4n) is 3.02. The molecule has 0 saturated carbocycles. The first-order chi connectivity index (χ1) is 13.7. The lowest BCUT2D eigenvalue weighted by Crippen LogP contribution is -2.22. The summed E-state index contributed by atoms with van der Waals surface area (Å²) in [6, 6.07) is 13.9. The number of hydrogen-bond acceptors (Lipinski definition) is 4. The maximum atomic E-state index is 6.07.